The first kappa shape index (κ1) is 10.3. The van der Waals surface area contributed by atoms with Crippen molar-refractivity contribution in [3.63, 3.8) is 0 Å². The van der Waals surface area contributed by atoms with E-state index in [0.29, 0.717) is 5.15 Å². The molecule has 0 aliphatic heterocycles. The third kappa shape index (κ3) is 3.65. The zero-order valence-electron chi connectivity index (χ0n) is 6.99. The minimum absolute atomic E-state index is 0.252. The summed E-state index contributed by atoms with van der Waals surface area (Å²) in [6.07, 6.45) is 1.60. The van der Waals surface area contributed by atoms with Gasteiger partial charge in [-0.3, -0.25) is 4.79 Å². The number of nitrogens with zero attached hydrogens (tertiary/aromatic N) is 1. The minimum atomic E-state index is -0.252. The lowest BCUT2D eigenvalue weighted by Gasteiger charge is -1.99. The normalized spacial score (nSPS) is 9.69. The number of esters is 1. The van der Waals surface area contributed by atoms with Crippen LogP contribution in [0.5, 0.6) is 0 Å². The molecule has 1 aromatic heterocycles. The third-order valence-corrected chi connectivity index (χ3v) is 2.46. The molecular formula is C8H8ClNO2S. The fourth-order valence-corrected chi connectivity index (χ4v) is 1.67. The highest BCUT2D eigenvalue weighted by Gasteiger charge is 2.01. The fraction of sp³-hybridized carbons (Fsp3) is 0.250. The SMILES string of the molecule is COC(=O)CSc1ccnc(Cl)c1. The van der Waals surface area contributed by atoms with E-state index in [9.17, 15) is 4.79 Å². The molecule has 0 spiro atoms. The molecule has 3 nitrogen and oxygen atoms in total. The highest BCUT2D eigenvalue weighted by Crippen LogP contribution is 2.19. The number of pyridine rings is 1. The molecule has 5 heteroatoms. The van der Waals surface area contributed by atoms with Gasteiger partial charge in [-0.1, -0.05) is 11.6 Å². The van der Waals surface area contributed by atoms with Gasteiger partial charge in [0, 0.05) is 11.1 Å². The van der Waals surface area contributed by atoms with Gasteiger partial charge < -0.3 is 4.74 Å². The molecule has 0 fully saturated rings. The molecule has 13 heavy (non-hydrogen) atoms. The molecule has 0 atom stereocenters. The number of thioether (sulfide) groups is 1. The standard InChI is InChI=1S/C8H8ClNO2S/c1-12-8(11)5-13-6-2-3-10-7(9)4-6/h2-4H,5H2,1H3. The molecule has 0 amide bonds. The van der Waals surface area contributed by atoms with Gasteiger partial charge in [0.1, 0.15) is 5.15 Å². The zero-order valence-corrected chi connectivity index (χ0v) is 8.56. The Morgan fingerprint density at radius 3 is 3.15 bits per heavy atom. The average Bonchev–Trinajstić information content (AvgIpc) is 2.14. The van der Waals surface area contributed by atoms with E-state index in [-0.39, 0.29) is 11.7 Å². The van der Waals surface area contributed by atoms with Gasteiger partial charge >= 0.3 is 5.97 Å². The molecular weight excluding hydrogens is 210 g/mol. The largest absolute Gasteiger partial charge is 0.468 e. The van der Waals surface area contributed by atoms with Gasteiger partial charge in [-0.15, -0.1) is 11.8 Å². The Labute approximate surface area is 85.4 Å². The van der Waals surface area contributed by atoms with Crippen molar-refractivity contribution in [2.45, 2.75) is 4.90 Å². The van der Waals surface area contributed by atoms with E-state index in [4.69, 9.17) is 11.6 Å². The van der Waals surface area contributed by atoms with E-state index in [1.54, 1.807) is 18.3 Å². The van der Waals surface area contributed by atoms with Crippen LogP contribution in [0.15, 0.2) is 23.2 Å². The van der Waals surface area contributed by atoms with Crippen LogP contribution in [0.4, 0.5) is 0 Å². The first-order valence-corrected chi connectivity index (χ1v) is 4.90. The number of hydrogen-bond acceptors (Lipinski definition) is 4. The maximum atomic E-state index is 10.8. The molecule has 0 aliphatic carbocycles. The second kappa shape index (κ2) is 5.09. The third-order valence-electron chi connectivity index (χ3n) is 1.28. The molecule has 0 radical (unpaired) electrons. The van der Waals surface area contributed by atoms with Gasteiger partial charge in [0.15, 0.2) is 0 Å². The zero-order chi connectivity index (χ0) is 9.68. The van der Waals surface area contributed by atoms with Crippen LogP contribution in [-0.4, -0.2) is 23.8 Å². The van der Waals surface area contributed by atoms with E-state index in [1.165, 1.54) is 18.9 Å². The van der Waals surface area contributed by atoms with Crippen LogP contribution in [-0.2, 0) is 9.53 Å². The van der Waals surface area contributed by atoms with E-state index in [0.717, 1.165) is 4.90 Å². The molecule has 0 saturated carbocycles. The van der Waals surface area contributed by atoms with Crippen molar-refractivity contribution < 1.29 is 9.53 Å². The quantitative estimate of drug-likeness (QED) is 0.441. The number of ether oxygens (including phenoxy) is 1. The summed E-state index contributed by atoms with van der Waals surface area (Å²) >= 11 is 7.02. The molecule has 0 bridgehead atoms. The summed E-state index contributed by atoms with van der Waals surface area (Å²) in [5.74, 6) is 0.0366. The van der Waals surface area contributed by atoms with Crippen LogP contribution >= 0.6 is 23.4 Å². The van der Waals surface area contributed by atoms with Gasteiger partial charge in [-0.2, -0.15) is 0 Å². The second-order valence-electron chi connectivity index (χ2n) is 2.18. The van der Waals surface area contributed by atoms with Crippen molar-refractivity contribution in [2.24, 2.45) is 0 Å². The Balaban J connectivity index is 2.50. The summed E-state index contributed by atoms with van der Waals surface area (Å²) < 4.78 is 4.49. The maximum absolute atomic E-state index is 10.8. The fourth-order valence-electron chi connectivity index (χ4n) is 0.676. The molecule has 0 N–H and O–H groups in total. The van der Waals surface area contributed by atoms with Crippen molar-refractivity contribution in [3.05, 3.63) is 23.5 Å². The van der Waals surface area contributed by atoms with Gasteiger partial charge in [0.2, 0.25) is 0 Å². The summed E-state index contributed by atoms with van der Waals surface area (Å²) in [4.78, 5) is 15.5. The van der Waals surface area contributed by atoms with E-state index in [1.807, 2.05) is 0 Å². The van der Waals surface area contributed by atoms with E-state index >= 15 is 0 Å². The Hall–Kier alpha value is -0.740. The predicted octanol–water partition coefficient (Wildman–Crippen LogP) is 2.00. The van der Waals surface area contributed by atoms with Crippen LogP contribution in [0, 0.1) is 0 Å². The Bertz CT molecular complexity index is 306. The Morgan fingerprint density at radius 2 is 2.54 bits per heavy atom. The molecule has 1 aromatic rings. The molecule has 0 saturated heterocycles. The van der Waals surface area contributed by atoms with E-state index in [2.05, 4.69) is 9.72 Å². The lowest BCUT2D eigenvalue weighted by Crippen LogP contribution is -2.02. The summed E-state index contributed by atoms with van der Waals surface area (Å²) in [6.45, 7) is 0. The highest BCUT2D eigenvalue weighted by molar-refractivity contribution is 8.00. The van der Waals surface area contributed by atoms with Crippen molar-refractivity contribution in [3.8, 4) is 0 Å². The van der Waals surface area contributed by atoms with Crippen LogP contribution in [0.25, 0.3) is 0 Å². The molecule has 1 rings (SSSR count). The van der Waals surface area contributed by atoms with Gasteiger partial charge in [-0.05, 0) is 12.1 Å². The van der Waals surface area contributed by atoms with Crippen molar-refractivity contribution in [2.75, 3.05) is 12.9 Å². The van der Waals surface area contributed by atoms with Crippen LogP contribution in [0.3, 0.4) is 0 Å². The highest BCUT2D eigenvalue weighted by atomic mass is 35.5. The topological polar surface area (TPSA) is 39.2 Å². The van der Waals surface area contributed by atoms with Crippen LogP contribution in [0.2, 0.25) is 5.15 Å². The van der Waals surface area contributed by atoms with Gasteiger partial charge in [-0.25, -0.2) is 4.98 Å². The Morgan fingerprint density at radius 1 is 1.77 bits per heavy atom. The number of carbonyl (C=O) groups excluding carboxylic acids is 1. The monoisotopic (exact) mass is 217 g/mol. The second-order valence-corrected chi connectivity index (χ2v) is 3.62. The molecule has 0 aromatic carbocycles. The van der Waals surface area contributed by atoms with Gasteiger partial charge in [0.05, 0.1) is 12.9 Å². The number of methoxy groups -OCH3 is 1. The smallest absolute Gasteiger partial charge is 0.315 e. The Kier molecular flexibility index (Phi) is 4.05. The number of halogens is 1. The minimum Gasteiger partial charge on any atom is -0.468 e. The first-order valence-electron chi connectivity index (χ1n) is 3.53. The number of rotatable bonds is 3. The predicted molar refractivity (Wildman–Crippen MR) is 52.0 cm³/mol. The number of aromatic nitrogens is 1. The maximum Gasteiger partial charge on any atom is 0.315 e. The van der Waals surface area contributed by atoms with Crippen molar-refractivity contribution >= 4 is 29.3 Å². The summed E-state index contributed by atoms with van der Waals surface area (Å²) in [5.41, 5.74) is 0. The molecule has 0 aliphatic rings. The molecule has 1 heterocycles. The lowest BCUT2D eigenvalue weighted by molar-refractivity contribution is -0.137. The first-order chi connectivity index (χ1) is 6.22. The average molecular weight is 218 g/mol. The molecule has 70 valence electrons. The van der Waals surface area contributed by atoms with E-state index < -0.39 is 0 Å². The number of carbonyl (C=O) groups is 1. The summed E-state index contributed by atoms with van der Waals surface area (Å²) in [6, 6.07) is 3.49. The van der Waals surface area contributed by atoms with Gasteiger partial charge in [0.25, 0.3) is 0 Å². The van der Waals surface area contributed by atoms with Crippen LogP contribution in [0.1, 0.15) is 0 Å². The molecule has 0 unspecified atom stereocenters. The lowest BCUT2D eigenvalue weighted by atomic mass is 10.5. The van der Waals surface area contributed by atoms with Crippen molar-refractivity contribution in [1.29, 1.82) is 0 Å². The van der Waals surface area contributed by atoms with Crippen molar-refractivity contribution in [1.82, 2.24) is 4.98 Å². The summed E-state index contributed by atoms with van der Waals surface area (Å²) in [7, 11) is 1.36. The summed E-state index contributed by atoms with van der Waals surface area (Å²) in [5, 5.41) is 0.426. The van der Waals surface area contributed by atoms with Crippen LogP contribution < -0.4 is 0 Å². The number of hydrogen-bond donors (Lipinski definition) is 0.